The summed E-state index contributed by atoms with van der Waals surface area (Å²) >= 11 is 0. The van der Waals surface area contributed by atoms with Gasteiger partial charge in [-0.2, -0.15) is 0 Å². The molecule has 1 N–H and O–H groups in total. The van der Waals surface area contributed by atoms with Gasteiger partial charge in [-0.3, -0.25) is 9.88 Å². The van der Waals surface area contributed by atoms with Crippen LogP contribution >= 0.6 is 0 Å². The lowest BCUT2D eigenvalue weighted by Crippen LogP contribution is -2.28. The summed E-state index contributed by atoms with van der Waals surface area (Å²) in [4.78, 5) is 6.41. The van der Waals surface area contributed by atoms with Crippen molar-refractivity contribution in [2.24, 2.45) is 0 Å². The molecule has 3 heteroatoms. The number of aliphatic hydroxyl groups is 1. The quantitative estimate of drug-likeness (QED) is 0.863. The lowest BCUT2D eigenvalue weighted by atomic mass is 10.2. The number of pyridine rings is 1. The fourth-order valence-electron chi connectivity index (χ4n) is 2.06. The van der Waals surface area contributed by atoms with Gasteiger partial charge in [0.05, 0.1) is 5.69 Å². The molecule has 1 aromatic heterocycles. The second-order valence-electron chi connectivity index (χ2n) is 4.58. The molecule has 0 aliphatic carbocycles. The number of hydrogen-bond acceptors (Lipinski definition) is 3. The van der Waals surface area contributed by atoms with E-state index in [1.165, 1.54) is 5.56 Å². The van der Waals surface area contributed by atoms with Crippen LogP contribution in [0.1, 0.15) is 24.3 Å². The Morgan fingerprint density at radius 2 is 1.84 bits per heavy atom. The summed E-state index contributed by atoms with van der Waals surface area (Å²) < 4.78 is 0. The van der Waals surface area contributed by atoms with Gasteiger partial charge < -0.3 is 5.11 Å². The first-order chi connectivity index (χ1) is 9.29. The summed E-state index contributed by atoms with van der Waals surface area (Å²) in [6.45, 7) is 4.45. The van der Waals surface area contributed by atoms with Crippen molar-refractivity contribution < 1.29 is 5.11 Å². The molecule has 100 valence electrons. The maximum atomic E-state index is 10.2. The lowest BCUT2D eigenvalue weighted by Gasteiger charge is -2.23. The highest BCUT2D eigenvalue weighted by Crippen LogP contribution is 2.13. The molecule has 0 saturated heterocycles. The van der Waals surface area contributed by atoms with Crippen molar-refractivity contribution in [1.82, 2.24) is 9.88 Å². The highest BCUT2D eigenvalue weighted by molar-refractivity contribution is 5.14. The van der Waals surface area contributed by atoms with E-state index in [0.717, 1.165) is 18.8 Å². The van der Waals surface area contributed by atoms with E-state index in [1.54, 1.807) is 6.20 Å². The molecule has 0 aliphatic heterocycles. The highest BCUT2D eigenvalue weighted by Gasteiger charge is 2.13. The maximum absolute atomic E-state index is 10.2. The minimum atomic E-state index is -0.537. The van der Waals surface area contributed by atoms with Crippen LogP contribution in [0.2, 0.25) is 0 Å². The first-order valence-corrected chi connectivity index (χ1v) is 6.65. The highest BCUT2D eigenvalue weighted by atomic mass is 16.3. The second-order valence-corrected chi connectivity index (χ2v) is 4.58. The Bertz CT molecular complexity index is 473. The van der Waals surface area contributed by atoms with E-state index in [9.17, 15) is 5.11 Å². The number of aromatic nitrogens is 1. The second kappa shape index (κ2) is 7.02. The number of benzene rings is 1. The van der Waals surface area contributed by atoms with Gasteiger partial charge in [0, 0.05) is 19.3 Å². The summed E-state index contributed by atoms with van der Waals surface area (Å²) in [5.74, 6) is 0. The Balaban J connectivity index is 1.96. The van der Waals surface area contributed by atoms with E-state index in [-0.39, 0.29) is 0 Å². The number of aliphatic hydroxyl groups excluding tert-OH is 1. The molecule has 0 radical (unpaired) electrons. The first kappa shape index (κ1) is 13.7. The minimum Gasteiger partial charge on any atom is -0.385 e. The molecule has 2 rings (SSSR count). The van der Waals surface area contributed by atoms with Crippen LogP contribution in [0, 0.1) is 0 Å². The van der Waals surface area contributed by atoms with E-state index in [2.05, 4.69) is 28.9 Å². The monoisotopic (exact) mass is 256 g/mol. The third-order valence-corrected chi connectivity index (χ3v) is 3.16. The van der Waals surface area contributed by atoms with Crippen molar-refractivity contribution in [2.45, 2.75) is 19.6 Å². The van der Waals surface area contributed by atoms with Crippen LogP contribution in [0.5, 0.6) is 0 Å². The Morgan fingerprint density at radius 1 is 1.11 bits per heavy atom. The summed E-state index contributed by atoms with van der Waals surface area (Å²) in [5, 5.41) is 10.2. The molecule has 0 amide bonds. The molecule has 1 unspecified atom stereocenters. The number of nitrogens with zero attached hydrogens (tertiary/aromatic N) is 2. The van der Waals surface area contributed by atoms with E-state index >= 15 is 0 Å². The van der Waals surface area contributed by atoms with Crippen molar-refractivity contribution in [3.63, 3.8) is 0 Å². The van der Waals surface area contributed by atoms with E-state index in [4.69, 9.17) is 0 Å². The van der Waals surface area contributed by atoms with Crippen molar-refractivity contribution in [2.75, 3.05) is 13.1 Å². The van der Waals surface area contributed by atoms with E-state index < -0.39 is 6.10 Å². The zero-order valence-corrected chi connectivity index (χ0v) is 11.2. The fraction of sp³-hybridized carbons (Fsp3) is 0.312. The molecule has 1 heterocycles. The third kappa shape index (κ3) is 4.16. The Kier molecular flexibility index (Phi) is 5.07. The largest absolute Gasteiger partial charge is 0.385 e. The molecular formula is C16H20N2O. The number of likely N-dealkylation sites (N-methyl/N-ethyl adjacent to an activating group) is 1. The molecular weight excluding hydrogens is 236 g/mol. The van der Waals surface area contributed by atoms with Crippen LogP contribution in [-0.4, -0.2) is 28.1 Å². The van der Waals surface area contributed by atoms with Gasteiger partial charge in [0.1, 0.15) is 6.10 Å². The molecule has 0 aliphatic rings. The SMILES string of the molecule is CCN(Cc1ccccc1)CC(O)c1ccccn1. The molecule has 19 heavy (non-hydrogen) atoms. The van der Waals surface area contributed by atoms with Gasteiger partial charge in [-0.05, 0) is 24.2 Å². The Labute approximate surface area is 114 Å². The number of rotatable bonds is 6. The van der Waals surface area contributed by atoms with Crippen molar-refractivity contribution in [3.05, 3.63) is 66.0 Å². The van der Waals surface area contributed by atoms with Crippen LogP contribution in [0.25, 0.3) is 0 Å². The van der Waals surface area contributed by atoms with Gasteiger partial charge in [-0.25, -0.2) is 0 Å². The van der Waals surface area contributed by atoms with Gasteiger partial charge in [-0.15, -0.1) is 0 Å². The van der Waals surface area contributed by atoms with Crippen LogP contribution in [-0.2, 0) is 6.54 Å². The Morgan fingerprint density at radius 3 is 2.47 bits per heavy atom. The van der Waals surface area contributed by atoms with Gasteiger partial charge in [0.2, 0.25) is 0 Å². The van der Waals surface area contributed by atoms with Gasteiger partial charge in [0.15, 0.2) is 0 Å². The van der Waals surface area contributed by atoms with Gasteiger partial charge >= 0.3 is 0 Å². The molecule has 2 aromatic rings. The molecule has 0 spiro atoms. The molecule has 3 nitrogen and oxygen atoms in total. The van der Waals surface area contributed by atoms with Crippen molar-refractivity contribution >= 4 is 0 Å². The summed E-state index contributed by atoms with van der Waals surface area (Å²) in [6.07, 6.45) is 1.18. The average molecular weight is 256 g/mol. The summed E-state index contributed by atoms with van der Waals surface area (Å²) in [5.41, 5.74) is 1.99. The Hall–Kier alpha value is -1.71. The summed E-state index contributed by atoms with van der Waals surface area (Å²) in [6, 6.07) is 15.9. The van der Waals surface area contributed by atoms with Crippen molar-refractivity contribution in [1.29, 1.82) is 0 Å². The normalized spacial score (nSPS) is 12.6. The predicted octanol–water partition coefficient (Wildman–Crippen LogP) is 2.64. The molecule has 0 saturated carbocycles. The predicted molar refractivity (Wildman–Crippen MR) is 76.6 cm³/mol. The smallest absolute Gasteiger partial charge is 0.109 e. The van der Waals surface area contributed by atoms with E-state index in [0.29, 0.717) is 6.54 Å². The molecule has 1 aromatic carbocycles. The van der Waals surface area contributed by atoms with Crippen molar-refractivity contribution in [3.8, 4) is 0 Å². The number of hydrogen-bond donors (Lipinski definition) is 1. The van der Waals surface area contributed by atoms with Crippen LogP contribution in [0.15, 0.2) is 54.7 Å². The molecule has 1 atom stereocenters. The standard InChI is InChI=1S/C16H20N2O/c1-2-18(12-14-8-4-3-5-9-14)13-16(19)15-10-6-7-11-17-15/h3-11,16,19H,2,12-13H2,1H3. The zero-order valence-electron chi connectivity index (χ0n) is 11.2. The molecule has 0 bridgehead atoms. The fourth-order valence-corrected chi connectivity index (χ4v) is 2.06. The van der Waals surface area contributed by atoms with Gasteiger partial charge in [-0.1, -0.05) is 43.3 Å². The lowest BCUT2D eigenvalue weighted by molar-refractivity contribution is 0.109. The van der Waals surface area contributed by atoms with Gasteiger partial charge in [0.25, 0.3) is 0 Å². The van der Waals surface area contributed by atoms with Crippen LogP contribution in [0.3, 0.4) is 0 Å². The first-order valence-electron chi connectivity index (χ1n) is 6.65. The summed E-state index contributed by atoms with van der Waals surface area (Å²) in [7, 11) is 0. The maximum Gasteiger partial charge on any atom is 0.109 e. The minimum absolute atomic E-state index is 0.537. The third-order valence-electron chi connectivity index (χ3n) is 3.16. The average Bonchev–Trinajstić information content (AvgIpc) is 2.48. The van der Waals surface area contributed by atoms with E-state index in [1.807, 2.05) is 36.4 Å². The topological polar surface area (TPSA) is 36.4 Å². The van der Waals surface area contributed by atoms with Crippen LogP contribution in [0.4, 0.5) is 0 Å². The van der Waals surface area contributed by atoms with Crippen LogP contribution < -0.4 is 0 Å². The molecule has 0 fully saturated rings. The zero-order chi connectivity index (χ0) is 13.5.